The minimum Gasteiger partial charge on any atom is -0.362 e. The molecule has 1 aromatic rings. The van der Waals surface area contributed by atoms with Crippen LogP contribution in [0, 0.1) is 0 Å². The van der Waals surface area contributed by atoms with Crippen molar-refractivity contribution in [3.63, 3.8) is 0 Å². The molecule has 0 fully saturated rings. The molecule has 2 rings (SSSR count). The lowest BCUT2D eigenvalue weighted by atomic mass is 10.3. The van der Waals surface area contributed by atoms with Crippen molar-refractivity contribution in [2.45, 2.75) is 0 Å². The molecule has 0 aromatic carbocycles. The molecule has 2 heterocycles. The van der Waals surface area contributed by atoms with Gasteiger partial charge in [0, 0.05) is 23.7 Å². The first-order chi connectivity index (χ1) is 5.84. The second kappa shape index (κ2) is 2.70. The highest BCUT2D eigenvalue weighted by Crippen LogP contribution is 2.06. The number of H-pyrrole nitrogens is 1. The van der Waals surface area contributed by atoms with Crippen molar-refractivity contribution in [3.05, 3.63) is 41.9 Å². The molecule has 0 bridgehead atoms. The molecule has 0 saturated heterocycles. The van der Waals surface area contributed by atoms with E-state index in [9.17, 15) is 4.79 Å². The van der Waals surface area contributed by atoms with Crippen LogP contribution in [0.4, 0.5) is 0 Å². The second-order valence-electron chi connectivity index (χ2n) is 2.55. The number of nitrogens with one attached hydrogen (secondary N) is 2. The topological polar surface area (TPSA) is 44.9 Å². The average Bonchev–Trinajstić information content (AvgIpc) is 2.63. The fourth-order valence-electron chi connectivity index (χ4n) is 1.08. The number of hydrogen-bond donors (Lipinski definition) is 2. The maximum absolute atomic E-state index is 10.7. The summed E-state index contributed by atoms with van der Waals surface area (Å²) in [6.45, 7) is 0. The Labute approximate surface area is 69.8 Å². The van der Waals surface area contributed by atoms with Crippen molar-refractivity contribution in [1.29, 1.82) is 0 Å². The van der Waals surface area contributed by atoms with E-state index < -0.39 is 0 Å². The SMILES string of the molecule is O=C1C=C/C(=C\c2ccc[nH]2)N1. The smallest absolute Gasteiger partial charge is 0.248 e. The molecule has 0 radical (unpaired) electrons. The molecular weight excluding hydrogens is 152 g/mol. The van der Waals surface area contributed by atoms with Gasteiger partial charge in [-0.3, -0.25) is 4.79 Å². The summed E-state index contributed by atoms with van der Waals surface area (Å²) in [7, 11) is 0. The first-order valence-corrected chi connectivity index (χ1v) is 3.69. The molecule has 0 aliphatic carbocycles. The van der Waals surface area contributed by atoms with E-state index in [1.165, 1.54) is 6.08 Å². The van der Waals surface area contributed by atoms with E-state index in [0.29, 0.717) is 0 Å². The Morgan fingerprint density at radius 3 is 2.83 bits per heavy atom. The summed E-state index contributed by atoms with van der Waals surface area (Å²) in [6, 6.07) is 3.85. The van der Waals surface area contributed by atoms with E-state index >= 15 is 0 Å². The lowest BCUT2D eigenvalue weighted by molar-refractivity contribution is -0.115. The zero-order chi connectivity index (χ0) is 8.39. The highest BCUT2D eigenvalue weighted by atomic mass is 16.1. The van der Waals surface area contributed by atoms with Crippen LogP contribution in [0.1, 0.15) is 5.69 Å². The van der Waals surface area contributed by atoms with Crippen molar-refractivity contribution in [1.82, 2.24) is 10.3 Å². The first kappa shape index (κ1) is 6.91. The zero-order valence-corrected chi connectivity index (χ0v) is 6.37. The molecule has 0 unspecified atom stereocenters. The number of amides is 1. The number of rotatable bonds is 1. The minimum absolute atomic E-state index is 0.0622. The van der Waals surface area contributed by atoms with Gasteiger partial charge in [-0.05, 0) is 24.3 Å². The number of allylic oxidation sites excluding steroid dienone is 1. The lowest BCUT2D eigenvalue weighted by Crippen LogP contribution is -2.12. The highest BCUT2D eigenvalue weighted by molar-refractivity contribution is 5.94. The largest absolute Gasteiger partial charge is 0.362 e. The van der Waals surface area contributed by atoms with Crippen LogP contribution in [0.25, 0.3) is 6.08 Å². The number of carbonyl (C=O) groups excluding carboxylic acids is 1. The van der Waals surface area contributed by atoms with Crippen LogP contribution >= 0.6 is 0 Å². The van der Waals surface area contributed by atoms with Crippen LogP contribution in [0.5, 0.6) is 0 Å². The summed E-state index contributed by atoms with van der Waals surface area (Å²) in [5, 5.41) is 2.68. The minimum atomic E-state index is -0.0622. The third kappa shape index (κ3) is 1.29. The van der Waals surface area contributed by atoms with Gasteiger partial charge >= 0.3 is 0 Å². The predicted octanol–water partition coefficient (Wildman–Crippen LogP) is 1.04. The van der Waals surface area contributed by atoms with Crippen LogP contribution in [0.2, 0.25) is 0 Å². The number of carbonyl (C=O) groups is 1. The summed E-state index contributed by atoms with van der Waals surface area (Å²) in [6.07, 6.45) is 6.98. The molecule has 12 heavy (non-hydrogen) atoms. The van der Waals surface area contributed by atoms with E-state index in [1.54, 1.807) is 6.08 Å². The quantitative estimate of drug-likeness (QED) is 0.633. The van der Waals surface area contributed by atoms with Crippen molar-refractivity contribution < 1.29 is 4.79 Å². The third-order valence-electron chi connectivity index (χ3n) is 1.61. The molecule has 2 N–H and O–H groups in total. The number of aromatic amines is 1. The summed E-state index contributed by atoms with van der Waals surface area (Å²) < 4.78 is 0. The Kier molecular flexibility index (Phi) is 1.55. The zero-order valence-electron chi connectivity index (χ0n) is 6.37. The normalized spacial score (nSPS) is 18.7. The molecular formula is C9H8N2O. The number of hydrogen-bond acceptors (Lipinski definition) is 1. The molecule has 60 valence electrons. The molecule has 1 aliphatic heterocycles. The van der Waals surface area contributed by atoms with E-state index in [1.807, 2.05) is 24.4 Å². The second-order valence-corrected chi connectivity index (χ2v) is 2.55. The number of aromatic nitrogens is 1. The summed E-state index contributed by atoms with van der Waals surface area (Å²) >= 11 is 0. The van der Waals surface area contributed by atoms with Gasteiger partial charge in [0.25, 0.3) is 0 Å². The van der Waals surface area contributed by atoms with Crippen LogP contribution < -0.4 is 5.32 Å². The summed E-state index contributed by atoms with van der Waals surface area (Å²) in [5.74, 6) is -0.0622. The van der Waals surface area contributed by atoms with Crippen LogP contribution in [-0.4, -0.2) is 10.9 Å². The van der Waals surface area contributed by atoms with Gasteiger partial charge in [0.2, 0.25) is 5.91 Å². The van der Waals surface area contributed by atoms with Crippen molar-refractivity contribution in [2.75, 3.05) is 0 Å². The molecule has 1 aliphatic rings. The molecule has 1 amide bonds. The van der Waals surface area contributed by atoms with Gasteiger partial charge in [0.15, 0.2) is 0 Å². The molecule has 0 spiro atoms. The molecule has 3 heteroatoms. The van der Waals surface area contributed by atoms with E-state index in [0.717, 1.165) is 11.4 Å². The van der Waals surface area contributed by atoms with Crippen LogP contribution in [-0.2, 0) is 4.79 Å². The molecule has 3 nitrogen and oxygen atoms in total. The fraction of sp³-hybridized carbons (Fsp3) is 0. The maximum atomic E-state index is 10.7. The molecule has 0 atom stereocenters. The Balaban J connectivity index is 2.21. The van der Waals surface area contributed by atoms with Crippen molar-refractivity contribution in [3.8, 4) is 0 Å². The van der Waals surface area contributed by atoms with Gasteiger partial charge in [-0.15, -0.1) is 0 Å². The van der Waals surface area contributed by atoms with Gasteiger partial charge < -0.3 is 10.3 Å². The van der Waals surface area contributed by atoms with E-state index in [4.69, 9.17) is 0 Å². The third-order valence-corrected chi connectivity index (χ3v) is 1.61. The van der Waals surface area contributed by atoms with Crippen LogP contribution in [0.3, 0.4) is 0 Å². The van der Waals surface area contributed by atoms with Gasteiger partial charge in [-0.2, -0.15) is 0 Å². The lowest BCUT2D eigenvalue weighted by Gasteiger charge is -1.93. The first-order valence-electron chi connectivity index (χ1n) is 3.69. The maximum Gasteiger partial charge on any atom is 0.248 e. The molecule has 1 aromatic heterocycles. The monoisotopic (exact) mass is 160 g/mol. The van der Waals surface area contributed by atoms with Crippen molar-refractivity contribution in [2.24, 2.45) is 0 Å². The van der Waals surface area contributed by atoms with E-state index in [2.05, 4.69) is 10.3 Å². The van der Waals surface area contributed by atoms with Gasteiger partial charge in [-0.1, -0.05) is 0 Å². The van der Waals surface area contributed by atoms with Crippen LogP contribution in [0.15, 0.2) is 36.2 Å². The Bertz CT molecular complexity index is 347. The van der Waals surface area contributed by atoms with Gasteiger partial charge in [-0.25, -0.2) is 0 Å². The van der Waals surface area contributed by atoms with Gasteiger partial charge in [0.1, 0.15) is 0 Å². The molecule has 0 saturated carbocycles. The Morgan fingerprint density at radius 2 is 2.25 bits per heavy atom. The standard InChI is InChI=1S/C9H8N2O/c12-9-4-3-8(11-9)6-7-2-1-5-10-7/h1-6,10H,(H,11,12)/b8-6+. The summed E-state index contributed by atoms with van der Waals surface area (Å²) in [5.41, 5.74) is 1.80. The Hall–Kier alpha value is -1.77. The van der Waals surface area contributed by atoms with E-state index in [-0.39, 0.29) is 5.91 Å². The van der Waals surface area contributed by atoms with Gasteiger partial charge in [0.05, 0.1) is 0 Å². The van der Waals surface area contributed by atoms with Crippen molar-refractivity contribution >= 4 is 12.0 Å². The average molecular weight is 160 g/mol. The highest BCUT2D eigenvalue weighted by Gasteiger charge is 2.05. The summed E-state index contributed by atoms with van der Waals surface area (Å²) in [4.78, 5) is 13.8. The predicted molar refractivity (Wildman–Crippen MR) is 46.1 cm³/mol. The Morgan fingerprint density at radius 1 is 1.33 bits per heavy atom. The fourth-order valence-corrected chi connectivity index (χ4v) is 1.08.